The summed E-state index contributed by atoms with van der Waals surface area (Å²) < 4.78 is 5.71. The Hall–Kier alpha value is -1.27. The van der Waals surface area contributed by atoms with Crippen molar-refractivity contribution in [1.29, 1.82) is 0 Å². The fourth-order valence-corrected chi connectivity index (χ4v) is 3.01. The lowest BCUT2D eigenvalue weighted by Gasteiger charge is -2.08. The van der Waals surface area contributed by atoms with Crippen molar-refractivity contribution < 1.29 is 14.4 Å². The molecular weight excluding hydrogens is 330 g/mol. The van der Waals surface area contributed by atoms with Gasteiger partial charge in [0.1, 0.15) is 5.69 Å². The van der Waals surface area contributed by atoms with Crippen molar-refractivity contribution in [3.05, 3.63) is 34.5 Å². The molecule has 0 unspecified atom stereocenters. The van der Waals surface area contributed by atoms with Crippen molar-refractivity contribution in [2.45, 2.75) is 24.0 Å². The van der Waals surface area contributed by atoms with Gasteiger partial charge in [-0.25, -0.2) is 4.79 Å². The molecule has 19 heavy (non-hydrogen) atoms. The molecule has 4 nitrogen and oxygen atoms in total. The highest BCUT2D eigenvalue weighted by atomic mass is 79.9. The molecule has 0 bridgehead atoms. The standard InChI is InChI=1S/C13H12BrNO3S/c1-7(2)19-12-4-3-8(5-9(12)14)10-6-11(13(16)17)18-15-10/h3-7H,1-2H3,(H,16,17). The molecule has 0 atom stereocenters. The summed E-state index contributed by atoms with van der Waals surface area (Å²) in [5.41, 5.74) is 1.33. The number of aromatic nitrogens is 1. The van der Waals surface area contributed by atoms with Gasteiger partial charge in [0, 0.05) is 26.2 Å². The minimum Gasteiger partial charge on any atom is -0.475 e. The molecule has 6 heteroatoms. The van der Waals surface area contributed by atoms with Crippen LogP contribution in [-0.4, -0.2) is 21.5 Å². The maximum Gasteiger partial charge on any atom is 0.374 e. The Labute approximate surface area is 123 Å². The largest absolute Gasteiger partial charge is 0.475 e. The van der Waals surface area contributed by atoms with E-state index in [0.29, 0.717) is 10.9 Å². The van der Waals surface area contributed by atoms with Crippen LogP contribution in [0.4, 0.5) is 0 Å². The van der Waals surface area contributed by atoms with Crippen LogP contribution in [0, 0.1) is 0 Å². The average Bonchev–Trinajstić information content (AvgIpc) is 2.80. The first-order valence-electron chi connectivity index (χ1n) is 5.64. The van der Waals surface area contributed by atoms with Crippen molar-refractivity contribution >= 4 is 33.7 Å². The molecule has 0 amide bonds. The van der Waals surface area contributed by atoms with E-state index < -0.39 is 5.97 Å². The van der Waals surface area contributed by atoms with Gasteiger partial charge in [0.15, 0.2) is 0 Å². The fourth-order valence-electron chi connectivity index (χ4n) is 1.52. The van der Waals surface area contributed by atoms with E-state index in [1.54, 1.807) is 11.8 Å². The summed E-state index contributed by atoms with van der Waals surface area (Å²) in [4.78, 5) is 11.9. The van der Waals surface area contributed by atoms with Gasteiger partial charge in [0.05, 0.1) is 0 Å². The van der Waals surface area contributed by atoms with E-state index in [4.69, 9.17) is 9.63 Å². The molecule has 1 heterocycles. The third-order valence-electron chi connectivity index (χ3n) is 2.31. The van der Waals surface area contributed by atoms with Crippen molar-refractivity contribution in [3.8, 4) is 11.3 Å². The van der Waals surface area contributed by atoms with Crippen LogP contribution in [-0.2, 0) is 0 Å². The third kappa shape index (κ3) is 3.39. The number of halogens is 1. The number of thioether (sulfide) groups is 1. The van der Waals surface area contributed by atoms with Gasteiger partial charge in [-0.1, -0.05) is 25.1 Å². The van der Waals surface area contributed by atoms with Crippen LogP contribution in [0.25, 0.3) is 11.3 Å². The van der Waals surface area contributed by atoms with Gasteiger partial charge in [0.2, 0.25) is 5.76 Å². The Balaban J connectivity index is 2.30. The molecule has 0 spiro atoms. The molecule has 100 valence electrons. The number of carboxylic acids is 1. The molecule has 0 fully saturated rings. The summed E-state index contributed by atoms with van der Waals surface area (Å²) in [6.07, 6.45) is 0. The lowest BCUT2D eigenvalue weighted by atomic mass is 10.1. The topological polar surface area (TPSA) is 63.3 Å². The minimum absolute atomic E-state index is 0.160. The van der Waals surface area contributed by atoms with Gasteiger partial charge >= 0.3 is 5.97 Å². The number of nitrogens with zero attached hydrogens (tertiary/aromatic N) is 1. The fraction of sp³-hybridized carbons (Fsp3) is 0.231. The van der Waals surface area contributed by atoms with E-state index in [0.717, 1.165) is 14.9 Å². The summed E-state index contributed by atoms with van der Waals surface area (Å²) in [5, 5.41) is 13.0. The SMILES string of the molecule is CC(C)Sc1ccc(-c2cc(C(=O)O)on2)cc1Br. The summed E-state index contributed by atoms with van der Waals surface area (Å²) >= 11 is 5.27. The van der Waals surface area contributed by atoms with Crippen molar-refractivity contribution in [2.75, 3.05) is 0 Å². The molecule has 0 aliphatic heterocycles. The van der Waals surface area contributed by atoms with E-state index in [1.807, 2.05) is 18.2 Å². The highest BCUT2D eigenvalue weighted by Crippen LogP contribution is 2.33. The summed E-state index contributed by atoms with van der Waals surface area (Å²) in [7, 11) is 0. The predicted octanol–water partition coefficient (Wildman–Crippen LogP) is 4.30. The van der Waals surface area contributed by atoms with E-state index in [-0.39, 0.29) is 5.76 Å². The molecule has 1 aromatic heterocycles. The number of carbonyl (C=O) groups is 1. The van der Waals surface area contributed by atoms with Crippen LogP contribution < -0.4 is 0 Å². The first-order valence-corrected chi connectivity index (χ1v) is 7.31. The van der Waals surface area contributed by atoms with Crippen LogP contribution in [0.15, 0.2) is 38.2 Å². The number of hydrogen-bond donors (Lipinski definition) is 1. The molecule has 0 aliphatic rings. The van der Waals surface area contributed by atoms with Crippen LogP contribution in [0.1, 0.15) is 24.4 Å². The highest BCUT2D eigenvalue weighted by molar-refractivity contribution is 9.10. The lowest BCUT2D eigenvalue weighted by Crippen LogP contribution is -1.91. The van der Waals surface area contributed by atoms with Gasteiger partial charge < -0.3 is 9.63 Å². The Morgan fingerprint density at radius 3 is 2.68 bits per heavy atom. The zero-order chi connectivity index (χ0) is 14.0. The van der Waals surface area contributed by atoms with E-state index in [9.17, 15) is 4.79 Å². The zero-order valence-corrected chi connectivity index (χ0v) is 12.8. The monoisotopic (exact) mass is 341 g/mol. The van der Waals surface area contributed by atoms with Crippen molar-refractivity contribution in [2.24, 2.45) is 0 Å². The second-order valence-corrected chi connectivity index (χ2v) is 6.67. The summed E-state index contributed by atoms with van der Waals surface area (Å²) in [6, 6.07) is 7.21. The van der Waals surface area contributed by atoms with E-state index in [2.05, 4.69) is 34.9 Å². The maximum atomic E-state index is 10.7. The Morgan fingerprint density at radius 2 is 2.16 bits per heavy atom. The number of carboxylic acid groups (broad SMARTS) is 1. The number of rotatable bonds is 4. The molecule has 2 rings (SSSR count). The maximum absolute atomic E-state index is 10.7. The first-order chi connectivity index (χ1) is 8.97. The Morgan fingerprint density at radius 1 is 1.42 bits per heavy atom. The molecule has 0 saturated heterocycles. The van der Waals surface area contributed by atoms with Gasteiger partial charge in [-0.2, -0.15) is 0 Å². The number of aromatic carboxylic acids is 1. The third-order valence-corrected chi connectivity index (χ3v) is 4.31. The van der Waals surface area contributed by atoms with Crippen LogP contribution in [0.5, 0.6) is 0 Å². The summed E-state index contributed by atoms with van der Waals surface area (Å²) in [6.45, 7) is 4.25. The molecule has 2 aromatic rings. The summed E-state index contributed by atoms with van der Waals surface area (Å²) in [5.74, 6) is -1.28. The van der Waals surface area contributed by atoms with Crippen LogP contribution in [0.2, 0.25) is 0 Å². The second kappa shape index (κ2) is 5.79. The van der Waals surface area contributed by atoms with Crippen molar-refractivity contribution in [3.63, 3.8) is 0 Å². The predicted molar refractivity (Wildman–Crippen MR) is 77.6 cm³/mol. The molecule has 1 N–H and O–H groups in total. The van der Waals surface area contributed by atoms with Gasteiger partial charge in [0.25, 0.3) is 0 Å². The smallest absolute Gasteiger partial charge is 0.374 e. The Kier molecular flexibility index (Phi) is 4.31. The van der Waals surface area contributed by atoms with Gasteiger partial charge in [-0.05, 0) is 28.1 Å². The number of hydrogen-bond acceptors (Lipinski definition) is 4. The molecule has 0 aliphatic carbocycles. The van der Waals surface area contributed by atoms with Crippen LogP contribution in [0.3, 0.4) is 0 Å². The van der Waals surface area contributed by atoms with Gasteiger partial charge in [-0.15, -0.1) is 11.8 Å². The number of benzene rings is 1. The molecule has 1 aromatic carbocycles. The first kappa shape index (κ1) is 14.1. The second-order valence-electron chi connectivity index (χ2n) is 4.19. The zero-order valence-electron chi connectivity index (χ0n) is 10.4. The molecular formula is C13H12BrNO3S. The normalized spacial score (nSPS) is 10.9. The highest BCUT2D eigenvalue weighted by Gasteiger charge is 2.13. The minimum atomic E-state index is -1.12. The van der Waals surface area contributed by atoms with E-state index >= 15 is 0 Å². The van der Waals surface area contributed by atoms with Crippen molar-refractivity contribution in [1.82, 2.24) is 5.16 Å². The quantitative estimate of drug-likeness (QED) is 0.839. The van der Waals surface area contributed by atoms with Crippen LogP contribution >= 0.6 is 27.7 Å². The van der Waals surface area contributed by atoms with Gasteiger partial charge in [-0.3, -0.25) is 0 Å². The lowest BCUT2D eigenvalue weighted by molar-refractivity contribution is 0.0652. The van der Waals surface area contributed by atoms with E-state index in [1.165, 1.54) is 6.07 Å². The molecule has 0 radical (unpaired) electrons. The Bertz CT molecular complexity index is 610. The average molecular weight is 342 g/mol. The molecule has 0 saturated carbocycles.